The van der Waals surface area contributed by atoms with Crippen molar-refractivity contribution in [1.82, 2.24) is 4.98 Å². The topological polar surface area (TPSA) is 92.9 Å². The van der Waals surface area contributed by atoms with Crippen molar-refractivity contribution in [2.45, 2.75) is 78.6 Å². The second-order valence-corrected chi connectivity index (χ2v) is 12.9. The highest BCUT2D eigenvalue weighted by Crippen LogP contribution is 2.45. The molecule has 1 atom stereocenters. The van der Waals surface area contributed by atoms with Gasteiger partial charge in [0.1, 0.15) is 23.1 Å². The van der Waals surface area contributed by atoms with E-state index in [1.165, 1.54) is 12.1 Å². The van der Waals surface area contributed by atoms with Crippen molar-refractivity contribution in [3.8, 4) is 33.8 Å². The molecule has 0 aliphatic carbocycles. The fourth-order valence-electron chi connectivity index (χ4n) is 5.70. The average Bonchev–Trinajstić information content (AvgIpc) is 3.00. The Kier molecular flexibility index (Phi) is 9.97. The summed E-state index contributed by atoms with van der Waals surface area (Å²) in [6.45, 7) is 12.3. The summed E-state index contributed by atoms with van der Waals surface area (Å²) in [6, 6.07) is 20.2. The molecule has 4 aromatic rings. The van der Waals surface area contributed by atoms with E-state index in [1.54, 1.807) is 12.1 Å². The van der Waals surface area contributed by atoms with E-state index in [2.05, 4.69) is 6.07 Å². The number of ether oxygens (including phenoxy) is 4. The van der Waals surface area contributed by atoms with E-state index in [-0.39, 0.29) is 11.9 Å². The van der Waals surface area contributed by atoms with Crippen LogP contribution in [-0.2, 0) is 27.1 Å². The molecular weight excluding hydrogens is 583 g/mol. The summed E-state index contributed by atoms with van der Waals surface area (Å²) < 4.78 is 37.4. The van der Waals surface area contributed by atoms with Gasteiger partial charge in [-0.1, -0.05) is 30.3 Å². The van der Waals surface area contributed by atoms with Crippen molar-refractivity contribution in [3.05, 3.63) is 94.9 Å². The quantitative estimate of drug-likeness (QED) is 0.177. The van der Waals surface area contributed by atoms with E-state index in [4.69, 9.17) is 29.7 Å². The molecule has 2 heterocycles. The maximum atomic E-state index is 13.7. The lowest BCUT2D eigenvalue weighted by atomic mass is 9.86. The summed E-state index contributed by atoms with van der Waals surface area (Å²) in [5.41, 5.74) is 12.5. The third-order valence-electron chi connectivity index (χ3n) is 7.67. The van der Waals surface area contributed by atoms with Crippen molar-refractivity contribution in [3.63, 3.8) is 0 Å². The molecule has 242 valence electrons. The number of carbonyl (C=O) groups excluding carboxylic acids is 1. The van der Waals surface area contributed by atoms with Crippen molar-refractivity contribution < 1.29 is 28.1 Å². The number of hydrogen-bond acceptors (Lipinski definition) is 7. The Morgan fingerprint density at radius 2 is 1.70 bits per heavy atom. The lowest BCUT2D eigenvalue weighted by Crippen LogP contribution is -2.31. The SMILES string of the molecule is Cc1nc(N)c(-c2ccc(OCCc3ccc(F)cc3)cc2)c(-c2ccc3c(c2)CCCO3)c1[C@H](OC(C)(C)C)C(=O)OC(C)C. The fourth-order valence-corrected chi connectivity index (χ4v) is 5.70. The first-order valence-corrected chi connectivity index (χ1v) is 15.8. The van der Waals surface area contributed by atoms with Crippen molar-refractivity contribution in [2.24, 2.45) is 0 Å². The Morgan fingerprint density at radius 3 is 2.37 bits per heavy atom. The number of nitrogens with two attached hydrogens (primary N) is 1. The molecule has 3 aromatic carbocycles. The number of hydrogen-bond donors (Lipinski definition) is 1. The molecule has 0 saturated carbocycles. The van der Waals surface area contributed by atoms with Gasteiger partial charge in [-0.15, -0.1) is 0 Å². The first-order chi connectivity index (χ1) is 21.9. The smallest absolute Gasteiger partial charge is 0.340 e. The number of fused-ring (bicyclic) bond motifs is 1. The third kappa shape index (κ3) is 7.85. The van der Waals surface area contributed by atoms with Gasteiger partial charge in [-0.05, 0) is 113 Å². The highest BCUT2D eigenvalue weighted by Gasteiger charge is 2.35. The standard InChI is InChI=1S/C38H43FN2O5/c1-23(2)45-37(42)35(46-38(4,5)6)32-24(3)41-36(40)34(33(32)28-13-18-31-27(22-28)8-7-20-44-31)26-11-16-30(17-12-26)43-21-19-25-9-14-29(39)15-10-25/h9-18,22-23,35H,7-8,19-21H2,1-6H3,(H2,40,41)/t35-/m0/s1. The van der Waals surface area contributed by atoms with Gasteiger partial charge in [-0.3, -0.25) is 0 Å². The molecule has 0 bridgehead atoms. The zero-order valence-electron chi connectivity index (χ0n) is 27.5. The molecule has 0 unspecified atom stereocenters. The molecule has 0 amide bonds. The Hall–Kier alpha value is -4.43. The number of aromatic nitrogens is 1. The lowest BCUT2D eigenvalue weighted by molar-refractivity contribution is -0.171. The molecule has 0 spiro atoms. The number of anilines is 1. The maximum Gasteiger partial charge on any atom is 0.340 e. The van der Waals surface area contributed by atoms with Crippen LogP contribution < -0.4 is 15.2 Å². The first kappa shape index (κ1) is 32.9. The molecule has 7 nitrogen and oxygen atoms in total. The molecule has 46 heavy (non-hydrogen) atoms. The second-order valence-electron chi connectivity index (χ2n) is 12.9. The summed E-state index contributed by atoms with van der Waals surface area (Å²) in [7, 11) is 0. The highest BCUT2D eigenvalue weighted by atomic mass is 19.1. The molecular formula is C38H43FN2O5. The predicted molar refractivity (Wildman–Crippen MR) is 178 cm³/mol. The number of halogens is 1. The van der Waals surface area contributed by atoms with Crippen LogP contribution in [0.2, 0.25) is 0 Å². The minimum Gasteiger partial charge on any atom is -0.493 e. The van der Waals surface area contributed by atoms with Crippen LogP contribution in [0.3, 0.4) is 0 Å². The number of pyridine rings is 1. The fraction of sp³-hybridized carbons (Fsp3) is 0.368. The van der Waals surface area contributed by atoms with Crippen molar-refractivity contribution in [2.75, 3.05) is 18.9 Å². The number of rotatable bonds is 10. The summed E-state index contributed by atoms with van der Waals surface area (Å²) in [5.74, 6) is 1.14. The highest BCUT2D eigenvalue weighted by molar-refractivity contribution is 5.95. The first-order valence-electron chi connectivity index (χ1n) is 15.8. The minimum absolute atomic E-state index is 0.260. The molecule has 8 heteroatoms. The Balaban J connectivity index is 1.60. The Labute approximate surface area is 270 Å². The Morgan fingerprint density at radius 1 is 1.00 bits per heavy atom. The lowest BCUT2D eigenvalue weighted by Gasteiger charge is -2.30. The molecule has 0 saturated heterocycles. The number of benzene rings is 3. The summed E-state index contributed by atoms with van der Waals surface area (Å²) >= 11 is 0. The molecule has 2 N–H and O–H groups in total. The molecule has 0 fully saturated rings. The van der Waals surface area contributed by atoms with E-state index >= 15 is 0 Å². The number of nitrogen functional groups attached to an aromatic ring is 1. The van der Waals surface area contributed by atoms with Crippen molar-refractivity contribution in [1.29, 1.82) is 0 Å². The van der Waals surface area contributed by atoms with E-state index < -0.39 is 17.7 Å². The van der Waals surface area contributed by atoms with Crippen LogP contribution in [0.15, 0.2) is 66.7 Å². The monoisotopic (exact) mass is 626 g/mol. The zero-order valence-corrected chi connectivity index (χ0v) is 27.5. The largest absolute Gasteiger partial charge is 0.493 e. The van der Waals surface area contributed by atoms with Gasteiger partial charge in [-0.2, -0.15) is 0 Å². The van der Waals surface area contributed by atoms with Crippen LogP contribution in [0, 0.1) is 12.7 Å². The zero-order chi connectivity index (χ0) is 33.0. The summed E-state index contributed by atoms with van der Waals surface area (Å²) in [6.07, 6.45) is 1.07. The van der Waals surface area contributed by atoms with E-state index in [9.17, 15) is 9.18 Å². The number of nitrogens with zero attached hydrogens (tertiary/aromatic N) is 1. The van der Waals surface area contributed by atoms with Crippen LogP contribution in [-0.4, -0.2) is 35.9 Å². The summed E-state index contributed by atoms with van der Waals surface area (Å²) in [4.78, 5) is 18.5. The molecule has 0 radical (unpaired) electrons. The average molecular weight is 627 g/mol. The van der Waals surface area contributed by atoms with Gasteiger partial charge < -0.3 is 24.7 Å². The molecule has 1 aliphatic rings. The van der Waals surface area contributed by atoms with E-state index in [0.717, 1.165) is 46.4 Å². The van der Waals surface area contributed by atoms with Crippen LogP contribution in [0.25, 0.3) is 22.3 Å². The second kappa shape index (κ2) is 13.9. The van der Waals surface area contributed by atoms with Crippen LogP contribution in [0.1, 0.15) is 69.5 Å². The number of esters is 1. The minimum atomic E-state index is -1.05. The predicted octanol–water partition coefficient (Wildman–Crippen LogP) is 8.20. The van der Waals surface area contributed by atoms with Gasteiger partial charge in [-0.25, -0.2) is 14.2 Å². The molecule has 1 aromatic heterocycles. The van der Waals surface area contributed by atoms with Crippen LogP contribution in [0.5, 0.6) is 11.5 Å². The summed E-state index contributed by atoms with van der Waals surface area (Å²) in [5, 5.41) is 0. The van der Waals surface area contributed by atoms with Crippen LogP contribution >= 0.6 is 0 Å². The molecule has 5 rings (SSSR count). The van der Waals surface area contributed by atoms with Gasteiger partial charge in [0, 0.05) is 28.8 Å². The van der Waals surface area contributed by atoms with E-state index in [0.29, 0.717) is 48.0 Å². The molecule has 1 aliphatic heterocycles. The number of aryl methyl sites for hydroxylation is 2. The normalized spacial score (nSPS) is 13.6. The maximum absolute atomic E-state index is 13.7. The third-order valence-corrected chi connectivity index (χ3v) is 7.67. The van der Waals surface area contributed by atoms with Gasteiger partial charge >= 0.3 is 5.97 Å². The Bertz CT molecular complexity index is 1680. The van der Waals surface area contributed by atoms with E-state index in [1.807, 2.05) is 77.9 Å². The number of carbonyl (C=O) groups is 1. The van der Waals surface area contributed by atoms with Crippen molar-refractivity contribution >= 4 is 11.8 Å². The van der Waals surface area contributed by atoms with Gasteiger partial charge in [0.25, 0.3) is 0 Å². The van der Waals surface area contributed by atoms with Gasteiger partial charge in [0.05, 0.1) is 24.9 Å². The van der Waals surface area contributed by atoms with Gasteiger partial charge in [0.15, 0.2) is 6.10 Å². The van der Waals surface area contributed by atoms with Crippen LogP contribution in [0.4, 0.5) is 10.2 Å². The van der Waals surface area contributed by atoms with Gasteiger partial charge in [0.2, 0.25) is 0 Å².